The number of halogens is 1. The van der Waals surface area contributed by atoms with E-state index in [4.69, 9.17) is 5.11 Å². The molecule has 2 N–H and O–H groups in total. The van der Waals surface area contributed by atoms with Gasteiger partial charge in [0.1, 0.15) is 12.1 Å². The van der Waals surface area contributed by atoms with Gasteiger partial charge in [0.2, 0.25) is 0 Å². The van der Waals surface area contributed by atoms with E-state index in [0.717, 1.165) is 27.0 Å². The highest BCUT2D eigenvalue weighted by molar-refractivity contribution is 9.10. The van der Waals surface area contributed by atoms with Gasteiger partial charge in [0, 0.05) is 17.6 Å². The van der Waals surface area contributed by atoms with Gasteiger partial charge in [0.05, 0.1) is 17.3 Å². The van der Waals surface area contributed by atoms with E-state index in [1.54, 1.807) is 10.9 Å². The van der Waals surface area contributed by atoms with Gasteiger partial charge in [-0.05, 0) is 24.6 Å². The standard InChI is InChI=1S/C14H14BrN5O/c15-10-3-1-4-11(7-10)20-14-12(8-19-20)13(17-9-18-14)16-5-2-6-21/h1,3-4,7-9,21H,2,5-6H2,(H,16,17,18). The minimum Gasteiger partial charge on any atom is -0.396 e. The van der Waals surface area contributed by atoms with Crippen molar-refractivity contribution in [2.45, 2.75) is 6.42 Å². The minimum absolute atomic E-state index is 0.151. The smallest absolute Gasteiger partial charge is 0.168 e. The Kier molecular flexibility index (Phi) is 4.12. The lowest BCUT2D eigenvalue weighted by Gasteiger charge is -2.06. The Morgan fingerprint density at radius 3 is 3.00 bits per heavy atom. The lowest BCUT2D eigenvalue weighted by molar-refractivity contribution is 0.292. The molecule has 3 rings (SSSR count). The Bertz CT molecular complexity index is 758. The molecule has 21 heavy (non-hydrogen) atoms. The molecule has 0 saturated heterocycles. The van der Waals surface area contributed by atoms with Crippen LogP contribution in [0.2, 0.25) is 0 Å². The average Bonchev–Trinajstić information content (AvgIpc) is 2.92. The Morgan fingerprint density at radius 1 is 1.29 bits per heavy atom. The van der Waals surface area contributed by atoms with E-state index < -0.39 is 0 Å². The molecule has 0 fully saturated rings. The number of anilines is 1. The molecule has 7 heteroatoms. The van der Waals surface area contributed by atoms with Gasteiger partial charge in [0.15, 0.2) is 5.65 Å². The molecule has 108 valence electrons. The van der Waals surface area contributed by atoms with Gasteiger partial charge in [0.25, 0.3) is 0 Å². The molecule has 0 aliphatic carbocycles. The number of hydrogen-bond donors (Lipinski definition) is 2. The first-order valence-corrected chi connectivity index (χ1v) is 7.38. The summed E-state index contributed by atoms with van der Waals surface area (Å²) in [5.41, 5.74) is 1.67. The highest BCUT2D eigenvalue weighted by Crippen LogP contribution is 2.23. The fraction of sp³-hybridized carbons (Fsp3) is 0.214. The largest absolute Gasteiger partial charge is 0.396 e. The Morgan fingerprint density at radius 2 is 2.19 bits per heavy atom. The fourth-order valence-corrected chi connectivity index (χ4v) is 2.45. The van der Waals surface area contributed by atoms with Crippen molar-refractivity contribution in [1.82, 2.24) is 19.7 Å². The molecule has 0 atom stereocenters. The maximum absolute atomic E-state index is 8.84. The maximum Gasteiger partial charge on any atom is 0.168 e. The zero-order chi connectivity index (χ0) is 14.7. The highest BCUT2D eigenvalue weighted by Gasteiger charge is 2.10. The van der Waals surface area contributed by atoms with E-state index in [1.165, 1.54) is 6.33 Å². The Balaban J connectivity index is 2.01. The zero-order valence-electron chi connectivity index (χ0n) is 11.2. The second-order valence-corrected chi connectivity index (χ2v) is 5.42. The summed E-state index contributed by atoms with van der Waals surface area (Å²) in [7, 11) is 0. The van der Waals surface area contributed by atoms with Crippen LogP contribution in [0.1, 0.15) is 6.42 Å². The summed E-state index contributed by atoms with van der Waals surface area (Å²) in [6, 6.07) is 7.87. The van der Waals surface area contributed by atoms with Crippen LogP contribution in [0.3, 0.4) is 0 Å². The van der Waals surface area contributed by atoms with Crippen molar-refractivity contribution in [3.63, 3.8) is 0 Å². The zero-order valence-corrected chi connectivity index (χ0v) is 12.8. The third-order valence-electron chi connectivity index (χ3n) is 3.05. The summed E-state index contributed by atoms with van der Waals surface area (Å²) >= 11 is 3.46. The fourth-order valence-electron chi connectivity index (χ4n) is 2.07. The van der Waals surface area contributed by atoms with Crippen molar-refractivity contribution in [3.05, 3.63) is 41.3 Å². The van der Waals surface area contributed by atoms with Crippen LogP contribution in [0.5, 0.6) is 0 Å². The van der Waals surface area contributed by atoms with E-state index >= 15 is 0 Å². The summed E-state index contributed by atoms with van der Waals surface area (Å²) in [4.78, 5) is 8.56. The maximum atomic E-state index is 8.84. The molecular formula is C14H14BrN5O. The van der Waals surface area contributed by atoms with Crippen LogP contribution in [-0.4, -0.2) is 38.0 Å². The average molecular weight is 348 g/mol. The van der Waals surface area contributed by atoms with Gasteiger partial charge in [-0.15, -0.1) is 0 Å². The molecule has 0 unspecified atom stereocenters. The van der Waals surface area contributed by atoms with E-state index in [9.17, 15) is 0 Å². The molecule has 0 aliphatic heterocycles. The highest BCUT2D eigenvalue weighted by atomic mass is 79.9. The van der Waals surface area contributed by atoms with Crippen molar-refractivity contribution in [3.8, 4) is 5.69 Å². The van der Waals surface area contributed by atoms with E-state index in [1.807, 2.05) is 24.3 Å². The SMILES string of the molecule is OCCCNc1ncnc2c1cnn2-c1cccc(Br)c1. The molecule has 0 bridgehead atoms. The quantitative estimate of drug-likeness (QED) is 0.693. The summed E-state index contributed by atoms with van der Waals surface area (Å²) in [5, 5.41) is 17.3. The topological polar surface area (TPSA) is 75.9 Å². The first-order valence-electron chi connectivity index (χ1n) is 6.59. The molecule has 0 spiro atoms. The third kappa shape index (κ3) is 2.88. The van der Waals surface area contributed by atoms with E-state index in [2.05, 4.69) is 36.3 Å². The van der Waals surface area contributed by atoms with Crippen LogP contribution in [0.15, 0.2) is 41.3 Å². The van der Waals surface area contributed by atoms with Gasteiger partial charge in [-0.3, -0.25) is 0 Å². The number of aliphatic hydroxyl groups excluding tert-OH is 1. The van der Waals surface area contributed by atoms with Crippen LogP contribution in [0, 0.1) is 0 Å². The molecule has 3 aromatic rings. The number of nitrogens with zero attached hydrogens (tertiary/aromatic N) is 4. The number of fused-ring (bicyclic) bond motifs is 1. The van der Waals surface area contributed by atoms with Crippen LogP contribution >= 0.6 is 15.9 Å². The van der Waals surface area contributed by atoms with E-state index in [0.29, 0.717) is 13.0 Å². The summed E-state index contributed by atoms with van der Waals surface area (Å²) < 4.78 is 2.76. The second kappa shape index (κ2) is 6.19. The third-order valence-corrected chi connectivity index (χ3v) is 3.54. The molecule has 0 amide bonds. The number of nitrogens with one attached hydrogen (secondary N) is 1. The van der Waals surface area contributed by atoms with Crippen LogP contribution in [0.25, 0.3) is 16.7 Å². The van der Waals surface area contributed by atoms with Crippen molar-refractivity contribution < 1.29 is 5.11 Å². The summed E-state index contributed by atoms with van der Waals surface area (Å²) in [5.74, 6) is 0.731. The Hall–Kier alpha value is -1.99. The minimum atomic E-state index is 0.151. The second-order valence-electron chi connectivity index (χ2n) is 4.50. The van der Waals surface area contributed by atoms with Gasteiger partial charge in [-0.2, -0.15) is 5.10 Å². The molecule has 0 radical (unpaired) electrons. The first kappa shape index (κ1) is 14.0. The monoisotopic (exact) mass is 347 g/mol. The molecule has 6 nitrogen and oxygen atoms in total. The lowest BCUT2D eigenvalue weighted by Crippen LogP contribution is -2.06. The van der Waals surface area contributed by atoms with Gasteiger partial charge >= 0.3 is 0 Å². The van der Waals surface area contributed by atoms with Crippen LogP contribution in [-0.2, 0) is 0 Å². The molecule has 1 aromatic carbocycles. The Labute approximate surface area is 130 Å². The molecular weight excluding hydrogens is 334 g/mol. The van der Waals surface area contributed by atoms with Crippen LogP contribution in [0.4, 0.5) is 5.82 Å². The van der Waals surface area contributed by atoms with E-state index in [-0.39, 0.29) is 6.61 Å². The number of rotatable bonds is 5. The first-order chi connectivity index (χ1) is 10.3. The molecule has 2 aromatic heterocycles. The lowest BCUT2D eigenvalue weighted by atomic mass is 10.3. The van der Waals surface area contributed by atoms with Gasteiger partial charge in [-0.25, -0.2) is 14.6 Å². The van der Waals surface area contributed by atoms with Crippen molar-refractivity contribution >= 4 is 32.8 Å². The molecule has 0 aliphatic rings. The van der Waals surface area contributed by atoms with Crippen LogP contribution < -0.4 is 5.32 Å². The summed E-state index contributed by atoms with van der Waals surface area (Å²) in [6.07, 6.45) is 3.93. The number of aromatic nitrogens is 4. The summed E-state index contributed by atoms with van der Waals surface area (Å²) in [6.45, 7) is 0.809. The molecule has 0 saturated carbocycles. The predicted molar refractivity (Wildman–Crippen MR) is 84.6 cm³/mol. The van der Waals surface area contributed by atoms with Gasteiger partial charge in [-0.1, -0.05) is 22.0 Å². The number of hydrogen-bond acceptors (Lipinski definition) is 5. The van der Waals surface area contributed by atoms with Crippen molar-refractivity contribution in [2.75, 3.05) is 18.5 Å². The van der Waals surface area contributed by atoms with Crippen molar-refractivity contribution in [2.24, 2.45) is 0 Å². The van der Waals surface area contributed by atoms with Crippen molar-refractivity contribution in [1.29, 1.82) is 0 Å². The number of benzene rings is 1. The normalized spacial score (nSPS) is 11.0. The number of aliphatic hydroxyl groups is 1. The molecule has 2 heterocycles. The van der Waals surface area contributed by atoms with Gasteiger partial charge < -0.3 is 10.4 Å². The predicted octanol–water partition coefficient (Wildman–Crippen LogP) is 2.37.